The number of amidine groups is 1. The van der Waals surface area contributed by atoms with Crippen molar-refractivity contribution in [2.75, 3.05) is 18.3 Å². The molecule has 1 heterocycles. The molecule has 3 rings (SSSR count). The number of nitrogens with zero attached hydrogens (tertiary/aromatic N) is 2. The number of hydrogen-bond donors (Lipinski definition) is 0. The van der Waals surface area contributed by atoms with Crippen molar-refractivity contribution >= 4 is 28.5 Å². The predicted octanol–water partition coefficient (Wildman–Crippen LogP) is 3.37. The van der Waals surface area contributed by atoms with Crippen molar-refractivity contribution < 1.29 is 9.53 Å². The molecule has 2 aromatic rings. The first-order chi connectivity index (χ1) is 11.2. The van der Waals surface area contributed by atoms with Gasteiger partial charge >= 0.3 is 0 Å². The zero-order valence-electron chi connectivity index (χ0n) is 13.1. The summed E-state index contributed by atoms with van der Waals surface area (Å²) in [5.41, 5.74) is 1.94. The molecule has 5 heteroatoms. The number of benzene rings is 2. The molecular formula is C18H18N2O2S. The van der Waals surface area contributed by atoms with Crippen molar-refractivity contribution in [1.29, 1.82) is 0 Å². The molecule has 118 valence electrons. The highest BCUT2D eigenvalue weighted by molar-refractivity contribution is 8.13. The van der Waals surface area contributed by atoms with Crippen LogP contribution in [-0.2, 0) is 11.2 Å². The first-order valence-electron chi connectivity index (χ1n) is 7.36. The van der Waals surface area contributed by atoms with Gasteiger partial charge in [-0.25, -0.2) is 4.99 Å². The SMILES string of the molecule is COc1ccc(N2C(=O)[C@@H](Cc3ccccc3)N=C2SC)cc1. The van der Waals surface area contributed by atoms with Crippen LogP contribution in [0.4, 0.5) is 5.69 Å². The van der Waals surface area contributed by atoms with Gasteiger partial charge in [-0.15, -0.1) is 0 Å². The molecule has 1 aliphatic rings. The van der Waals surface area contributed by atoms with E-state index in [9.17, 15) is 4.79 Å². The van der Waals surface area contributed by atoms with Crippen molar-refractivity contribution in [3.63, 3.8) is 0 Å². The molecule has 0 spiro atoms. The number of carbonyl (C=O) groups excluding carboxylic acids is 1. The number of hydrogen-bond acceptors (Lipinski definition) is 4. The summed E-state index contributed by atoms with van der Waals surface area (Å²) in [5, 5.41) is 0.737. The smallest absolute Gasteiger partial charge is 0.258 e. The fourth-order valence-electron chi connectivity index (χ4n) is 2.57. The zero-order chi connectivity index (χ0) is 16.2. The Morgan fingerprint density at radius 3 is 2.43 bits per heavy atom. The lowest BCUT2D eigenvalue weighted by Gasteiger charge is -2.18. The Kier molecular flexibility index (Phi) is 4.67. The minimum Gasteiger partial charge on any atom is -0.497 e. The van der Waals surface area contributed by atoms with Crippen molar-refractivity contribution in [1.82, 2.24) is 0 Å². The molecule has 1 atom stereocenters. The molecule has 1 aliphatic heterocycles. The number of aliphatic imine (C=N–C) groups is 1. The van der Waals surface area contributed by atoms with Crippen molar-refractivity contribution in [3.8, 4) is 5.75 Å². The van der Waals surface area contributed by atoms with E-state index in [1.165, 1.54) is 11.8 Å². The third-order valence-corrected chi connectivity index (χ3v) is 4.40. The Bertz CT molecular complexity index is 714. The topological polar surface area (TPSA) is 41.9 Å². The number of thioether (sulfide) groups is 1. The molecular weight excluding hydrogens is 308 g/mol. The van der Waals surface area contributed by atoms with Gasteiger partial charge in [0.15, 0.2) is 5.17 Å². The summed E-state index contributed by atoms with van der Waals surface area (Å²) in [6.45, 7) is 0. The van der Waals surface area contributed by atoms with Crippen LogP contribution in [0.25, 0.3) is 0 Å². The Labute approximate surface area is 140 Å². The van der Waals surface area contributed by atoms with Gasteiger partial charge in [0, 0.05) is 6.42 Å². The lowest BCUT2D eigenvalue weighted by molar-refractivity contribution is -0.118. The maximum absolute atomic E-state index is 12.8. The Hall–Kier alpha value is -2.27. The van der Waals surface area contributed by atoms with Gasteiger partial charge in [0.05, 0.1) is 12.8 Å². The molecule has 0 saturated carbocycles. The number of amides is 1. The van der Waals surface area contributed by atoms with E-state index in [1.807, 2.05) is 60.9 Å². The van der Waals surface area contributed by atoms with Gasteiger partial charge in [-0.1, -0.05) is 42.1 Å². The summed E-state index contributed by atoms with van der Waals surface area (Å²) in [6.07, 6.45) is 2.56. The minimum absolute atomic E-state index is 0.0170. The molecule has 2 aromatic carbocycles. The molecule has 0 aliphatic carbocycles. The van der Waals surface area contributed by atoms with Crippen LogP contribution in [0.3, 0.4) is 0 Å². The summed E-state index contributed by atoms with van der Waals surface area (Å²) in [4.78, 5) is 19.1. The standard InChI is InChI=1S/C18H18N2O2S/c1-22-15-10-8-14(9-11-15)20-17(21)16(19-18(20)23-2)12-13-6-4-3-5-7-13/h3-11,16H,12H2,1-2H3/t16-/m1/s1. The quantitative estimate of drug-likeness (QED) is 0.865. The van der Waals surface area contributed by atoms with E-state index >= 15 is 0 Å². The highest BCUT2D eigenvalue weighted by Gasteiger charge is 2.35. The molecule has 0 radical (unpaired) electrons. The number of rotatable bonds is 4. The fourth-order valence-corrected chi connectivity index (χ4v) is 3.18. The Morgan fingerprint density at radius 2 is 1.83 bits per heavy atom. The Morgan fingerprint density at radius 1 is 1.13 bits per heavy atom. The molecule has 0 unspecified atom stereocenters. The lowest BCUT2D eigenvalue weighted by atomic mass is 10.1. The summed E-state index contributed by atoms with van der Waals surface area (Å²) < 4.78 is 5.17. The summed E-state index contributed by atoms with van der Waals surface area (Å²) in [6, 6.07) is 17.1. The molecule has 0 fully saturated rings. The van der Waals surface area contributed by atoms with Gasteiger partial charge in [-0.3, -0.25) is 9.69 Å². The van der Waals surface area contributed by atoms with E-state index < -0.39 is 0 Å². The normalized spacial score (nSPS) is 17.3. The van der Waals surface area contributed by atoms with Crippen LogP contribution in [0.5, 0.6) is 5.75 Å². The van der Waals surface area contributed by atoms with E-state index in [-0.39, 0.29) is 11.9 Å². The predicted molar refractivity (Wildman–Crippen MR) is 95.4 cm³/mol. The van der Waals surface area contributed by atoms with Gasteiger partial charge < -0.3 is 4.74 Å². The van der Waals surface area contributed by atoms with E-state index in [1.54, 1.807) is 12.0 Å². The van der Waals surface area contributed by atoms with Gasteiger partial charge in [0.2, 0.25) is 0 Å². The van der Waals surface area contributed by atoms with Crippen LogP contribution < -0.4 is 9.64 Å². The van der Waals surface area contributed by atoms with E-state index in [4.69, 9.17) is 4.74 Å². The van der Waals surface area contributed by atoms with E-state index in [0.717, 1.165) is 22.2 Å². The first-order valence-corrected chi connectivity index (χ1v) is 8.59. The highest BCUT2D eigenvalue weighted by atomic mass is 32.2. The number of methoxy groups -OCH3 is 1. The second-order valence-corrected chi connectivity index (χ2v) is 5.97. The maximum Gasteiger partial charge on any atom is 0.258 e. The maximum atomic E-state index is 12.8. The molecule has 1 amide bonds. The number of carbonyl (C=O) groups is 1. The molecule has 0 aromatic heterocycles. The van der Waals surface area contributed by atoms with Crippen molar-refractivity contribution in [3.05, 3.63) is 60.2 Å². The largest absolute Gasteiger partial charge is 0.497 e. The van der Waals surface area contributed by atoms with Crippen LogP contribution in [0.1, 0.15) is 5.56 Å². The van der Waals surface area contributed by atoms with Crippen LogP contribution in [0.15, 0.2) is 59.6 Å². The van der Waals surface area contributed by atoms with Gasteiger partial charge in [-0.05, 0) is 36.1 Å². The van der Waals surface area contributed by atoms with Crippen LogP contribution >= 0.6 is 11.8 Å². The van der Waals surface area contributed by atoms with E-state index in [2.05, 4.69) is 4.99 Å². The summed E-state index contributed by atoms with van der Waals surface area (Å²) >= 11 is 1.49. The highest BCUT2D eigenvalue weighted by Crippen LogP contribution is 2.28. The van der Waals surface area contributed by atoms with Crippen molar-refractivity contribution in [2.24, 2.45) is 4.99 Å². The third kappa shape index (κ3) is 3.24. The first kappa shape index (κ1) is 15.6. The van der Waals surface area contributed by atoms with Gasteiger partial charge in [-0.2, -0.15) is 0 Å². The van der Waals surface area contributed by atoms with Crippen LogP contribution in [0.2, 0.25) is 0 Å². The minimum atomic E-state index is -0.359. The fraction of sp³-hybridized carbons (Fsp3) is 0.222. The third-order valence-electron chi connectivity index (χ3n) is 3.75. The second kappa shape index (κ2) is 6.87. The average molecular weight is 326 g/mol. The summed E-state index contributed by atoms with van der Waals surface area (Å²) in [5.74, 6) is 0.784. The molecule has 0 N–H and O–H groups in total. The van der Waals surface area contributed by atoms with E-state index in [0.29, 0.717) is 6.42 Å². The van der Waals surface area contributed by atoms with Gasteiger partial charge in [0.25, 0.3) is 5.91 Å². The van der Waals surface area contributed by atoms with Gasteiger partial charge in [0.1, 0.15) is 11.8 Å². The molecule has 23 heavy (non-hydrogen) atoms. The second-order valence-electron chi connectivity index (χ2n) is 5.19. The van der Waals surface area contributed by atoms with Crippen LogP contribution in [0, 0.1) is 0 Å². The zero-order valence-corrected chi connectivity index (χ0v) is 13.9. The molecule has 0 bridgehead atoms. The monoisotopic (exact) mass is 326 g/mol. The molecule has 0 saturated heterocycles. The number of ether oxygens (including phenoxy) is 1. The average Bonchev–Trinajstić information content (AvgIpc) is 2.92. The molecule has 4 nitrogen and oxygen atoms in total. The number of anilines is 1. The van der Waals surface area contributed by atoms with Crippen molar-refractivity contribution in [2.45, 2.75) is 12.5 Å². The Balaban J connectivity index is 1.84. The van der Waals surface area contributed by atoms with Crippen LogP contribution in [-0.4, -0.2) is 30.5 Å². The lowest BCUT2D eigenvalue weighted by Crippen LogP contribution is -2.34. The summed E-state index contributed by atoms with van der Waals surface area (Å²) in [7, 11) is 1.63.